The molecule has 0 radical (unpaired) electrons. The average molecular weight is 247 g/mol. The van der Waals surface area contributed by atoms with Crippen molar-refractivity contribution < 1.29 is 14.3 Å². The van der Waals surface area contributed by atoms with Crippen molar-refractivity contribution >= 4 is 11.6 Å². The molecule has 0 saturated heterocycles. The van der Waals surface area contributed by atoms with E-state index >= 15 is 0 Å². The van der Waals surface area contributed by atoms with Gasteiger partial charge in [0.25, 0.3) is 0 Å². The third kappa shape index (κ3) is 1.49. The smallest absolute Gasteiger partial charge is 0.237 e. The summed E-state index contributed by atoms with van der Waals surface area (Å²) in [6, 6.07) is 8.03. The van der Waals surface area contributed by atoms with Gasteiger partial charge in [-0.2, -0.15) is 0 Å². The van der Waals surface area contributed by atoms with Crippen molar-refractivity contribution in [1.82, 2.24) is 0 Å². The quantitative estimate of drug-likeness (QED) is 0.760. The van der Waals surface area contributed by atoms with Crippen LogP contribution in [0.5, 0.6) is 0 Å². The highest BCUT2D eigenvalue weighted by Gasteiger charge is 2.59. The number of fused-ring (bicyclic) bond motifs is 2. The third-order valence-electron chi connectivity index (χ3n) is 3.97. The van der Waals surface area contributed by atoms with Gasteiger partial charge in [0.1, 0.15) is 0 Å². The Labute approximate surface area is 106 Å². The SMILES string of the molecule is COC(CN1C(=O)C2(CC2)c2ccccc21)OC. The maximum absolute atomic E-state index is 12.5. The van der Waals surface area contributed by atoms with Crippen molar-refractivity contribution in [2.75, 3.05) is 25.7 Å². The maximum atomic E-state index is 12.5. The van der Waals surface area contributed by atoms with Crippen LogP contribution in [0.2, 0.25) is 0 Å². The number of rotatable bonds is 4. The van der Waals surface area contributed by atoms with E-state index in [4.69, 9.17) is 9.47 Å². The van der Waals surface area contributed by atoms with E-state index in [2.05, 4.69) is 6.07 Å². The first-order valence-corrected chi connectivity index (χ1v) is 6.20. The van der Waals surface area contributed by atoms with Gasteiger partial charge >= 0.3 is 0 Å². The number of methoxy groups -OCH3 is 2. The Morgan fingerprint density at radius 1 is 1.28 bits per heavy atom. The van der Waals surface area contributed by atoms with Crippen LogP contribution in [-0.2, 0) is 19.7 Å². The van der Waals surface area contributed by atoms with Gasteiger partial charge in [0.15, 0.2) is 6.29 Å². The van der Waals surface area contributed by atoms with Crippen LogP contribution < -0.4 is 4.90 Å². The summed E-state index contributed by atoms with van der Waals surface area (Å²) < 4.78 is 10.4. The molecule has 1 fully saturated rings. The molecule has 0 bridgehead atoms. The second-order valence-corrected chi connectivity index (χ2v) is 4.92. The van der Waals surface area contributed by atoms with E-state index < -0.39 is 0 Å². The molecule has 1 aromatic carbocycles. The Balaban J connectivity index is 1.94. The van der Waals surface area contributed by atoms with Crippen LogP contribution in [-0.4, -0.2) is 33.0 Å². The summed E-state index contributed by atoms with van der Waals surface area (Å²) in [7, 11) is 3.18. The van der Waals surface area contributed by atoms with Gasteiger partial charge in [-0.1, -0.05) is 18.2 Å². The number of hydrogen-bond acceptors (Lipinski definition) is 3. The lowest BCUT2D eigenvalue weighted by molar-refractivity contribution is -0.124. The lowest BCUT2D eigenvalue weighted by Gasteiger charge is -2.22. The zero-order chi connectivity index (χ0) is 12.8. The Morgan fingerprint density at radius 3 is 2.56 bits per heavy atom. The predicted octanol–water partition coefficient (Wildman–Crippen LogP) is 1.68. The predicted molar refractivity (Wildman–Crippen MR) is 67.5 cm³/mol. The molecule has 1 spiro atoms. The van der Waals surface area contributed by atoms with E-state index in [1.807, 2.05) is 18.2 Å². The molecule has 4 heteroatoms. The Morgan fingerprint density at radius 2 is 1.94 bits per heavy atom. The first-order chi connectivity index (χ1) is 8.73. The minimum absolute atomic E-state index is 0.197. The monoisotopic (exact) mass is 247 g/mol. The highest BCUT2D eigenvalue weighted by molar-refractivity contribution is 6.10. The fraction of sp³-hybridized carbons (Fsp3) is 0.500. The molecule has 0 unspecified atom stereocenters. The van der Waals surface area contributed by atoms with Crippen LogP contribution in [0.1, 0.15) is 18.4 Å². The fourth-order valence-electron chi connectivity index (χ4n) is 2.78. The van der Waals surface area contributed by atoms with E-state index in [9.17, 15) is 4.79 Å². The average Bonchev–Trinajstić information content (AvgIpc) is 3.17. The normalized spacial score (nSPS) is 19.7. The lowest BCUT2D eigenvalue weighted by atomic mass is 9.98. The van der Waals surface area contributed by atoms with Crippen LogP contribution in [0.3, 0.4) is 0 Å². The molecule has 0 aromatic heterocycles. The van der Waals surface area contributed by atoms with Crippen molar-refractivity contribution in [3.63, 3.8) is 0 Å². The molecule has 1 amide bonds. The summed E-state index contributed by atoms with van der Waals surface area (Å²) in [6.07, 6.45) is 1.55. The maximum Gasteiger partial charge on any atom is 0.237 e. The first kappa shape index (κ1) is 11.7. The van der Waals surface area contributed by atoms with Gasteiger partial charge in [0.2, 0.25) is 5.91 Å². The molecule has 1 aromatic rings. The highest BCUT2D eigenvalue weighted by atomic mass is 16.7. The van der Waals surface area contributed by atoms with Gasteiger partial charge in [-0.25, -0.2) is 0 Å². The van der Waals surface area contributed by atoms with Crippen LogP contribution in [0.25, 0.3) is 0 Å². The summed E-state index contributed by atoms with van der Waals surface area (Å²) in [4.78, 5) is 14.3. The van der Waals surface area contributed by atoms with Crippen molar-refractivity contribution in [2.24, 2.45) is 0 Å². The van der Waals surface area contributed by atoms with Crippen molar-refractivity contribution in [2.45, 2.75) is 24.5 Å². The zero-order valence-electron chi connectivity index (χ0n) is 10.7. The highest BCUT2D eigenvalue weighted by Crippen LogP contribution is 2.57. The summed E-state index contributed by atoms with van der Waals surface area (Å²) >= 11 is 0. The van der Waals surface area contributed by atoms with Crippen LogP contribution in [0, 0.1) is 0 Å². The van der Waals surface area contributed by atoms with E-state index in [0.717, 1.165) is 18.5 Å². The summed E-state index contributed by atoms with van der Waals surface area (Å²) in [5.74, 6) is 0.197. The zero-order valence-corrected chi connectivity index (χ0v) is 10.7. The molecular formula is C14H17NO3. The number of ether oxygens (including phenoxy) is 2. The molecule has 96 valence electrons. The summed E-state index contributed by atoms with van der Waals surface area (Å²) in [6.45, 7) is 0.449. The van der Waals surface area contributed by atoms with Crippen LogP contribution in [0.15, 0.2) is 24.3 Å². The molecule has 1 heterocycles. The number of nitrogens with zero attached hydrogens (tertiary/aromatic N) is 1. The van der Waals surface area contributed by atoms with Gasteiger partial charge in [-0.3, -0.25) is 4.79 Å². The number of carbonyl (C=O) groups is 1. The molecule has 0 atom stereocenters. The Bertz CT molecular complexity index is 478. The summed E-state index contributed by atoms with van der Waals surface area (Å²) in [5.41, 5.74) is 1.95. The van der Waals surface area contributed by atoms with Crippen molar-refractivity contribution in [3.8, 4) is 0 Å². The number of amides is 1. The number of hydrogen-bond donors (Lipinski definition) is 0. The standard InChI is InChI=1S/C14H17NO3/c1-17-12(18-2)9-15-11-6-4-3-5-10(11)14(7-8-14)13(15)16/h3-6,12H,7-9H2,1-2H3. The van der Waals surface area contributed by atoms with E-state index in [1.165, 1.54) is 5.56 Å². The molecule has 1 aliphatic heterocycles. The van der Waals surface area contributed by atoms with Crippen molar-refractivity contribution in [1.29, 1.82) is 0 Å². The largest absolute Gasteiger partial charge is 0.354 e. The second-order valence-electron chi connectivity index (χ2n) is 4.92. The molecule has 18 heavy (non-hydrogen) atoms. The molecule has 4 nitrogen and oxygen atoms in total. The van der Waals surface area contributed by atoms with Gasteiger partial charge in [0.05, 0.1) is 12.0 Å². The second kappa shape index (κ2) is 4.07. The number of para-hydroxylation sites is 1. The molecular weight excluding hydrogens is 230 g/mol. The number of anilines is 1. The minimum Gasteiger partial charge on any atom is -0.354 e. The third-order valence-corrected chi connectivity index (χ3v) is 3.97. The Hall–Kier alpha value is -1.39. The van der Waals surface area contributed by atoms with E-state index in [0.29, 0.717) is 6.54 Å². The van der Waals surface area contributed by atoms with Crippen LogP contribution in [0.4, 0.5) is 5.69 Å². The summed E-state index contributed by atoms with van der Waals surface area (Å²) in [5, 5.41) is 0. The lowest BCUT2D eigenvalue weighted by Crippen LogP contribution is -2.39. The minimum atomic E-state index is -0.379. The van der Waals surface area contributed by atoms with Gasteiger partial charge in [-0.05, 0) is 24.5 Å². The number of benzene rings is 1. The van der Waals surface area contributed by atoms with Gasteiger partial charge in [0, 0.05) is 19.9 Å². The van der Waals surface area contributed by atoms with Gasteiger partial charge < -0.3 is 14.4 Å². The Kier molecular flexibility index (Phi) is 2.64. The first-order valence-electron chi connectivity index (χ1n) is 6.20. The van der Waals surface area contributed by atoms with E-state index in [1.54, 1.807) is 19.1 Å². The van der Waals surface area contributed by atoms with Gasteiger partial charge in [-0.15, -0.1) is 0 Å². The molecule has 0 N–H and O–H groups in total. The van der Waals surface area contributed by atoms with E-state index in [-0.39, 0.29) is 17.6 Å². The molecule has 1 aliphatic carbocycles. The molecule has 3 rings (SSSR count). The molecule has 2 aliphatic rings. The van der Waals surface area contributed by atoms with Crippen molar-refractivity contribution in [3.05, 3.63) is 29.8 Å². The topological polar surface area (TPSA) is 38.8 Å². The fourth-order valence-corrected chi connectivity index (χ4v) is 2.78. The molecule has 1 saturated carbocycles. The number of carbonyl (C=O) groups excluding carboxylic acids is 1. The van der Waals surface area contributed by atoms with Crippen LogP contribution >= 0.6 is 0 Å².